The maximum absolute atomic E-state index is 13.3. The monoisotopic (exact) mass is 492 g/mol. The van der Waals surface area contributed by atoms with Crippen LogP contribution in [0.3, 0.4) is 0 Å². The molecule has 11 nitrogen and oxygen atoms in total. The van der Waals surface area contributed by atoms with Gasteiger partial charge in [0.05, 0.1) is 40.9 Å². The third-order valence-corrected chi connectivity index (χ3v) is 7.01. The maximum Gasteiger partial charge on any atom is 0.307 e. The molecule has 2 aromatic heterocycles. The fourth-order valence-electron chi connectivity index (χ4n) is 5.09. The summed E-state index contributed by atoms with van der Waals surface area (Å²) in [5.41, 5.74) is 4.04. The zero-order valence-corrected chi connectivity index (χ0v) is 20.7. The molecule has 2 aliphatic heterocycles. The second kappa shape index (κ2) is 10.1. The molecule has 0 saturated carbocycles. The minimum absolute atomic E-state index is 0.0412. The normalized spacial score (nSPS) is 20.6. The number of hydrogen-bond acceptors (Lipinski definition) is 7. The van der Waals surface area contributed by atoms with Gasteiger partial charge in [-0.25, -0.2) is 4.68 Å². The number of anilines is 1. The lowest BCUT2D eigenvalue weighted by Crippen LogP contribution is -2.38. The standard InChI is InChI=1S/C25H32N8O3/c1-17-5-6-22(24(34)27-19-7-9-32(14-19)21-11-26-30(2)16-21)23(10-17)33-15-20(28-29-33)13-31-8-3-4-18(12-31)25(35)36/h5-6,10-11,15-16,18-19H,3-4,7-9,12-14H2,1-2H3,(H,27,34)(H,35,36). The first-order chi connectivity index (χ1) is 17.4. The number of nitrogens with zero attached hydrogens (tertiary/aromatic N) is 7. The van der Waals surface area contributed by atoms with E-state index in [1.807, 2.05) is 50.8 Å². The molecule has 11 heteroatoms. The van der Waals surface area contributed by atoms with Crippen molar-refractivity contribution in [1.82, 2.24) is 35.0 Å². The molecule has 1 amide bonds. The predicted molar refractivity (Wildman–Crippen MR) is 133 cm³/mol. The van der Waals surface area contributed by atoms with E-state index in [-0.39, 0.29) is 17.9 Å². The Morgan fingerprint density at radius 3 is 2.81 bits per heavy atom. The Morgan fingerprint density at radius 1 is 1.17 bits per heavy atom. The molecule has 1 aromatic carbocycles. The van der Waals surface area contributed by atoms with Crippen LogP contribution in [0.1, 0.15) is 40.9 Å². The average Bonchev–Trinajstić information content (AvgIpc) is 3.60. The fourth-order valence-corrected chi connectivity index (χ4v) is 5.09. The number of aromatic nitrogens is 5. The lowest BCUT2D eigenvalue weighted by molar-refractivity contribution is -0.143. The van der Waals surface area contributed by atoms with Crippen molar-refractivity contribution in [1.29, 1.82) is 0 Å². The number of aryl methyl sites for hydroxylation is 2. The highest BCUT2D eigenvalue weighted by Gasteiger charge is 2.27. The number of piperidine rings is 1. The van der Waals surface area contributed by atoms with Gasteiger partial charge in [-0.2, -0.15) is 5.10 Å². The van der Waals surface area contributed by atoms with Crippen LogP contribution in [-0.4, -0.2) is 78.9 Å². The number of likely N-dealkylation sites (tertiary alicyclic amines) is 1. The van der Waals surface area contributed by atoms with E-state index in [1.54, 1.807) is 9.36 Å². The summed E-state index contributed by atoms with van der Waals surface area (Å²) in [6, 6.07) is 5.73. The van der Waals surface area contributed by atoms with E-state index >= 15 is 0 Å². The van der Waals surface area contributed by atoms with E-state index in [0.717, 1.165) is 49.4 Å². The van der Waals surface area contributed by atoms with Gasteiger partial charge in [-0.1, -0.05) is 11.3 Å². The van der Waals surface area contributed by atoms with Crippen LogP contribution in [0.5, 0.6) is 0 Å². The van der Waals surface area contributed by atoms with E-state index in [1.165, 1.54) is 0 Å². The highest BCUT2D eigenvalue weighted by molar-refractivity contribution is 5.98. The van der Waals surface area contributed by atoms with Crippen LogP contribution in [0.25, 0.3) is 5.69 Å². The van der Waals surface area contributed by atoms with Gasteiger partial charge in [0.15, 0.2) is 0 Å². The van der Waals surface area contributed by atoms with E-state index < -0.39 is 5.97 Å². The van der Waals surface area contributed by atoms with Gasteiger partial charge in [0.2, 0.25) is 0 Å². The first kappa shape index (κ1) is 24.0. The highest BCUT2D eigenvalue weighted by Crippen LogP contribution is 2.22. The minimum atomic E-state index is -0.746. The van der Waals surface area contributed by atoms with Crippen molar-refractivity contribution in [3.05, 3.63) is 53.6 Å². The lowest BCUT2D eigenvalue weighted by Gasteiger charge is -2.29. The number of aliphatic carboxylic acids is 1. The zero-order chi connectivity index (χ0) is 25.2. The van der Waals surface area contributed by atoms with Crippen LogP contribution in [-0.2, 0) is 18.4 Å². The van der Waals surface area contributed by atoms with E-state index in [9.17, 15) is 14.7 Å². The van der Waals surface area contributed by atoms with Crippen LogP contribution in [0.15, 0.2) is 36.8 Å². The van der Waals surface area contributed by atoms with Crippen molar-refractivity contribution in [2.45, 2.75) is 38.8 Å². The number of carbonyl (C=O) groups excluding carboxylic acids is 1. The van der Waals surface area contributed by atoms with Crippen molar-refractivity contribution in [3.63, 3.8) is 0 Å². The number of carbonyl (C=O) groups is 2. The topological polar surface area (TPSA) is 121 Å². The molecule has 2 N–H and O–H groups in total. The molecule has 0 spiro atoms. The lowest BCUT2D eigenvalue weighted by atomic mass is 9.98. The number of benzene rings is 1. The van der Waals surface area contributed by atoms with Gasteiger partial charge in [0, 0.05) is 45.5 Å². The first-order valence-electron chi connectivity index (χ1n) is 12.4. The molecule has 0 radical (unpaired) electrons. The molecule has 2 saturated heterocycles. The third-order valence-electron chi connectivity index (χ3n) is 7.01. The molecule has 5 rings (SSSR count). The third kappa shape index (κ3) is 5.25. The molecular weight excluding hydrogens is 460 g/mol. The summed E-state index contributed by atoms with van der Waals surface area (Å²) in [6.07, 6.45) is 8.08. The largest absolute Gasteiger partial charge is 0.481 e. The van der Waals surface area contributed by atoms with Gasteiger partial charge >= 0.3 is 5.97 Å². The maximum atomic E-state index is 13.3. The van der Waals surface area contributed by atoms with Crippen LogP contribution >= 0.6 is 0 Å². The van der Waals surface area contributed by atoms with Crippen LogP contribution in [0, 0.1) is 12.8 Å². The Kier molecular flexibility index (Phi) is 6.73. The van der Waals surface area contributed by atoms with Crippen molar-refractivity contribution >= 4 is 17.6 Å². The summed E-state index contributed by atoms with van der Waals surface area (Å²) in [7, 11) is 1.90. The Labute approximate surface area is 209 Å². The highest BCUT2D eigenvalue weighted by atomic mass is 16.4. The Hall–Kier alpha value is -3.73. The zero-order valence-electron chi connectivity index (χ0n) is 20.7. The summed E-state index contributed by atoms with van der Waals surface area (Å²) < 4.78 is 3.43. The van der Waals surface area contributed by atoms with Crippen LogP contribution in [0.2, 0.25) is 0 Å². The van der Waals surface area contributed by atoms with Gasteiger partial charge in [-0.15, -0.1) is 5.10 Å². The molecule has 2 atom stereocenters. The minimum Gasteiger partial charge on any atom is -0.481 e. The number of nitrogens with one attached hydrogen (secondary N) is 1. The summed E-state index contributed by atoms with van der Waals surface area (Å²) in [4.78, 5) is 29.0. The van der Waals surface area contributed by atoms with Crippen molar-refractivity contribution < 1.29 is 14.7 Å². The van der Waals surface area contributed by atoms with E-state index in [2.05, 4.69) is 30.5 Å². The average molecular weight is 493 g/mol. The molecule has 0 bridgehead atoms. The SMILES string of the molecule is Cc1ccc(C(=O)NC2CCN(c3cnn(C)c3)C2)c(-n2cc(CN3CCCC(C(=O)O)C3)nn2)c1. The summed E-state index contributed by atoms with van der Waals surface area (Å²) in [6.45, 7) is 5.46. The van der Waals surface area contributed by atoms with Crippen LogP contribution < -0.4 is 10.2 Å². The predicted octanol–water partition coefficient (Wildman–Crippen LogP) is 1.61. The van der Waals surface area contributed by atoms with Gasteiger partial charge < -0.3 is 15.3 Å². The molecule has 2 fully saturated rings. The summed E-state index contributed by atoms with van der Waals surface area (Å²) in [5, 5.41) is 25.4. The van der Waals surface area contributed by atoms with Crippen molar-refractivity contribution in [2.24, 2.45) is 13.0 Å². The Balaban J connectivity index is 1.27. The number of carboxylic acid groups (broad SMARTS) is 1. The Morgan fingerprint density at radius 2 is 2.03 bits per heavy atom. The summed E-state index contributed by atoms with van der Waals surface area (Å²) >= 11 is 0. The van der Waals surface area contributed by atoms with Crippen molar-refractivity contribution in [3.8, 4) is 5.69 Å². The second-order valence-electron chi connectivity index (χ2n) is 9.86. The molecular formula is C25H32N8O3. The second-order valence-corrected chi connectivity index (χ2v) is 9.86. The molecule has 2 aliphatic rings. The summed E-state index contributed by atoms with van der Waals surface area (Å²) in [5.74, 6) is -1.23. The van der Waals surface area contributed by atoms with Gasteiger partial charge in [0.1, 0.15) is 0 Å². The molecule has 4 heterocycles. The smallest absolute Gasteiger partial charge is 0.307 e. The molecule has 2 unspecified atom stereocenters. The molecule has 3 aromatic rings. The number of hydrogen-bond donors (Lipinski definition) is 2. The van der Waals surface area contributed by atoms with E-state index in [4.69, 9.17) is 0 Å². The quantitative estimate of drug-likeness (QED) is 0.510. The first-order valence-corrected chi connectivity index (χ1v) is 12.4. The molecule has 0 aliphatic carbocycles. The fraction of sp³-hybridized carbons (Fsp3) is 0.480. The van der Waals surface area contributed by atoms with E-state index in [0.29, 0.717) is 30.8 Å². The number of carboxylic acids is 1. The number of rotatable bonds is 7. The molecule has 190 valence electrons. The van der Waals surface area contributed by atoms with Gasteiger partial charge in [-0.3, -0.25) is 19.2 Å². The van der Waals surface area contributed by atoms with Crippen LogP contribution in [0.4, 0.5) is 5.69 Å². The molecule has 36 heavy (non-hydrogen) atoms. The Bertz CT molecular complexity index is 1250. The van der Waals surface area contributed by atoms with Gasteiger partial charge in [0.25, 0.3) is 5.91 Å². The van der Waals surface area contributed by atoms with Gasteiger partial charge in [-0.05, 0) is 50.4 Å². The number of amides is 1. The van der Waals surface area contributed by atoms with Crippen molar-refractivity contribution in [2.75, 3.05) is 31.1 Å².